The molecule has 0 aromatic carbocycles. The first-order valence-electron chi connectivity index (χ1n) is 0. The number of rotatable bonds is 0. The van der Waals surface area contributed by atoms with Gasteiger partial charge in [-0.25, -0.2) is 0 Å². The summed E-state index contributed by atoms with van der Waals surface area (Å²) in [6, 6.07) is 0. The van der Waals surface area contributed by atoms with Crippen molar-refractivity contribution in [2.75, 3.05) is 0 Å². The van der Waals surface area contributed by atoms with E-state index in [1.54, 1.807) is 0 Å². The summed E-state index contributed by atoms with van der Waals surface area (Å²) >= 11 is 0. The topological polar surface area (TPSA) is 0 Å². The van der Waals surface area contributed by atoms with Crippen molar-refractivity contribution in [1.82, 2.24) is 0 Å². The fraction of sp³-hybridized carbons (Fsp3) is 0. The SMILES string of the molecule is [Ga].[Ga].[Ga].[Ga].[Ga].[Ir].[Ir].[Ir]. The van der Waals surface area contributed by atoms with Gasteiger partial charge in [0.15, 0.2) is 0 Å². The average molecular weight is 925 g/mol. The minimum absolute atomic E-state index is 0. The normalized spacial score (nSPS) is 0. The van der Waals surface area contributed by atoms with E-state index in [0.29, 0.717) is 0 Å². The Balaban J connectivity index is 0. The minimum Gasteiger partial charge on any atom is 0 e. The monoisotopic (exact) mass is 924 g/mol. The maximum atomic E-state index is 0. The Morgan fingerprint density at radius 2 is 0.250 bits per heavy atom. The van der Waals surface area contributed by atoms with Crippen molar-refractivity contribution in [2.24, 2.45) is 0 Å². The first-order valence-corrected chi connectivity index (χ1v) is 0. The zero-order valence-corrected chi connectivity index (χ0v) is 23.2. The van der Waals surface area contributed by atoms with Gasteiger partial charge in [-0.1, -0.05) is 0 Å². The molecule has 0 spiro atoms. The van der Waals surface area contributed by atoms with Crippen molar-refractivity contribution in [2.45, 2.75) is 0 Å². The Morgan fingerprint density at radius 3 is 0.250 bits per heavy atom. The van der Waals surface area contributed by atoms with Crippen LogP contribution in [0.2, 0.25) is 0 Å². The Labute approximate surface area is 156 Å². The number of hydrogen-bond acceptors (Lipinski definition) is 0. The molecular weight excluding hydrogens is 925 g/mol. The summed E-state index contributed by atoms with van der Waals surface area (Å²) in [6.07, 6.45) is 0. The molecule has 0 aromatic heterocycles. The molecule has 0 unspecified atom stereocenters. The van der Waals surface area contributed by atoms with Crippen LogP contribution < -0.4 is 0 Å². The van der Waals surface area contributed by atoms with Crippen LogP contribution >= 0.6 is 0 Å². The summed E-state index contributed by atoms with van der Waals surface area (Å²) in [4.78, 5) is 0. The van der Waals surface area contributed by atoms with E-state index in [9.17, 15) is 0 Å². The van der Waals surface area contributed by atoms with Crippen molar-refractivity contribution in [3.8, 4) is 0 Å². The van der Waals surface area contributed by atoms with Gasteiger partial charge in [0.25, 0.3) is 0 Å². The summed E-state index contributed by atoms with van der Waals surface area (Å²) < 4.78 is 0. The van der Waals surface area contributed by atoms with E-state index < -0.39 is 0 Å². The van der Waals surface area contributed by atoms with E-state index in [2.05, 4.69) is 0 Å². The molecule has 18 radical (unpaired) electrons. The van der Waals surface area contributed by atoms with Crippen LogP contribution in [0, 0.1) is 0 Å². The van der Waals surface area contributed by atoms with E-state index in [1.165, 1.54) is 0 Å². The molecule has 0 atom stereocenters. The third kappa shape index (κ3) is 43.4. The maximum absolute atomic E-state index is 0. The second kappa shape index (κ2) is 57.1. The number of hydrogen-bond donors (Lipinski definition) is 0. The molecule has 0 amide bonds. The van der Waals surface area contributed by atoms with Gasteiger partial charge in [-0.15, -0.1) is 0 Å². The fourth-order valence-electron chi connectivity index (χ4n) is 0. The Morgan fingerprint density at radius 1 is 0.250 bits per heavy atom. The van der Waals surface area contributed by atoms with Crippen LogP contribution in [0.25, 0.3) is 0 Å². The smallest absolute Gasteiger partial charge is 0 e. The molecule has 0 fully saturated rings. The van der Waals surface area contributed by atoms with Gasteiger partial charge in [-0.3, -0.25) is 0 Å². The first-order chi connectivity index (χ1) is 0. The van der Waals surface area contributed by atoms with Gasteiger partial charge in [0.05, 0.1) is 0 Å². The van der Waals surface area contributed by atoms with Gasteiger partial charge in [-0.05, 0) is 0 Å². The molecule has 0 aromatic rings. The molecule has 8 heteroatoms. The second-order valence-corrected chi connectivity index (χ2v) is 0. The van der Waals surface area contributed by atoms with Crippen LogP contribution in [0.15, 0.2) is 0 Å². The third-order valence-electron chi connectivity index (χ3n) is 0. The van der Waals surface area contributed by atoms with Crippen molar-refractivity contribution < 1.29 is 60.3 Å². The van der Waals surface area contributed by atoms with Gasteiger partial charge in [0.2, 0.25) is 0 Å². The van der Waals surface area contributed by atoms with E-state index in [1.807, 2.05) is 0 Å². The molecule has 0 aliphatic rings. The van der Waals surface area contributed by atoms with E-state index >= 15 is 0 Å². The van der Waals surface area contributed by atoms with Crippen LogP contribution in [-0.4, -0.2) is 99.0 Å². The summed E-state index contributed by atoms with van der Waals surface area (Å²) in [5.41, 5.74) is 0. The molecule has 0 heterocycles. The quantitative estimate of drug-likeness (QED) is 0.250. The van der Waals surface area contributed by atoms with Crippen molar-refractivity contribution in [1.29, 1.82) is 0 Å². The van der Waals surface area contributed by atoms with E-state index in [4.69, 9.17) is 0 Å². The molecule has 0 N–H and O–H groups in total. The largest absolute Gasteiger partial charge is 0 e. The molecule has 0 aliphatic heterocycles. The van der Waals surface area contributed by atoms with Crippen LogP contribution in [0.5, 0.6) is 0 Å². The minimum atomic E-state index is 0. The molecular formula is Ga5Ir3. The van der Waals surface area contributed by atoms with Gasteiger partial charge in [0.1, 0.15) is 0 Å². The molecule has 0 nitrogen and oxygen atoms in total. The molecule has 8 heavy (non-hydrogen) atoms. The third-order valence-corrected chi connectivity index (χ3v) is 0. The van der Waals surface area contributed by atoms with Crippen LogP contribution in [-0.2, 0) is 60.3 Å². The summed E-state index contributed by atoms with van der Waals surface area (Å²) in [5, 5.41) is 0. The van der Waals surface area contributed by atoms with E-state index in [-0.39, 0.29) is 159 Å². The zero-order valence-electron chi connectivity index (χ0n) is 3.89. The van der Waals surface area contributed by atoms with Crippen molar-refractivity contribution >= 4 is 99.0 Å². The molecule has 0 rings (SSSR count). The molecule has 42 valence electrons. The predicted molar refractivity (Wildman–Crippen MR) is 28.8 cm³/mol. The van der Waals surface area contributed by atoms with Gasteiger partial charge < -0.3 is 0 Å². The van der Waals surface area contributed by atoms with Gasteiger partial charge in [0, 0.05) is 159 Å². The second-order valence-electron chi connectivity index (χ2n) is 0. The standard InChI is InChI=1S/5Ga.3Ir. The average Bonchev–Trinajstić information content (AvgIpc) is 0. The first kappa shape index (κ1) is 73.4. The summed E-state index contributed by atoms with van der Waals surface area (Å²) in [5.74, 6) is 0. The van der Waals surface area contributed by atoms with Gasteiger partial charge in [-0.2, -0.15) is 0 Å². The maximum Gasteiger partial charge on any atom is 0 e. The van der Waals surface area contributed by atoms with Crippen LogP contribution in [0.3, 0.4) is 0 Å². The van der Waals surface area contributed by atoms with E-state index in [0.717, 1.165) is 0 Å². The van der Waals surface area contributed by atoms with Crippen LogP contribution in [0.1, 0.15) is 0 Å². The Hall–Kier alpha value is 5.13. The molecule has 0 bridgehead atoms. The Kier molecular flexibility index (Phi) is 524. The Bertz CT molecular complexity index is 7.64. The summed E-state index contributed by atoms with van der Waals surface area (Å²) in [6.45, 7) is 0. The molecule has 0 saturated carbocycles. The zero-order chi connectivity index (χ0) is 0. The predicted octanol–water partition coefficient (Wildman–Crippen LogP) is -1.91. The van der Waals surface area contributed by atoms with Crippen LogP contribution in [0.4, 0.5) is 0 Å². The van der Waals surface area contributed by atoms with Gasteiger partial charge >= 0.3 is 0 Å². The van der Waals surface area contributed by atoms with Crippen molar-refractivity contribution in [3.63, 3.8) is 0 Å². The molecule has 0 saturated heterocycles. The fourth-order valence-corrected chi connectivity index (χ4v) is 0. The molecule has 0 aliphatic carbocycles. The summed E-state index contributed by atoms with van der Waals surface area (Å²) in [7, 11) is 0. The van der Waals surface area contributed by atoms with Crippen molar-refractivity contribution in [3.05, 3.63) is 0 Å².